The maximum atomic E-state index is 11.1. The molecule has 0 radical (unpaired) electrons. The predicted molar refractivity (Wildman–Crippen MR) is 46.8 cm³/mol. The lowest BCUT2D eigenvalue weighted by Crippen LogP contribution is -2.25. The molecular formula is C9H17NO2. The number of nitrogens with zero attached hydrogens (tertiary/aromatic N) is 1. The molecule has 0 amide bonds. The number of rotatable bonds is 2. The van der Waals surface area contributed by atoms with Crippen molar-refractivity contribution in [3.8, 4) is 0 Å². The van der Waals surface area contributed by atoms with E-state index in [-0.39, 0.29) is 11.9 Å². The molecule has 1 aliphatic rings. The summed E-state index contributed by atoms with van der Waals surface area (Å²) in [5, 5.41) is 0. The van der Waals surface area contributed by atoms with Crippen LogP contribution in [0.15, 0.2) is 0 Å². The van der Waals surface area contributed by atoms with Crippen molar-refractivity contribution >= 4 is 5.97 Å². The van der Waals surface area contributed by atoms with E-state index < -0.39 is 0 Å². The van der Waals surface area contributed by atoms with Crippen LogP contribution in [0, 0.1) is 5.92 Å². The first-order valence-corrected chi connectivity index (χ1v) is 4.39. The molecule has 3 nitrogen and oxygen atoms in total. The lowest BCUT2D eigenvalue weighted by atomic mass is 10.1. The molecule has 1 fully saturated rings. The topological polar surface area (TPSA) is 29.5 Å². The Hall–Kier alpha value is -0.570. The van der Waals surface area contributed by atoms with E-state index in [1.807, 2.05) is 0 Å². The van der Waals surface area contributed by atoms with Crippen molar-refractivity contribution in [2.45, 2.75) is 25.3 Å². The quantitative estimate of drug-likeness (QED) is 0.578. The summed E-state index contributed by atoms with van der Waals surface area (Å²) >= 11 is 0. The molecule has 0 N–H and O–H groups in total. The van der Waals surface area contributed by atoms with Crippen LogP contribution in [0.3, 0.4) is 0 Å². The molecule has 0 heterocycles. The average Bonchev–Trinajstić information content (AvgIpc) is 2.51. The summed E-state index contributed by atoms with van der Waals surface area (Å²) in [5.41, 5.74) is 0. The van der Waals surface area contributed by atoms with Gasteiger partial charge in [0.2, 0.25) is 0 Å². The van der Waals surface area contributed by atoms with Crippen molar-refractivity contribution in [2.24, 2.45) is 5.92 Å². The van der Waals surface area contributed by atoms with Crippen molar-refractivity contribution in [2.75, 3.05) is 21.2 Å². The highest BCUT2D eigenvalue weighted by molar-refractivity contribution is 5.72. The van der Waals surface area contributed by atoms with Gasteiger partial charge in [-0.25, -0.2) is 0 Å². The predicted octanol–water partition coefficient (Wildman–Crippen LogP) is 0.890. The number of carbonyl (C=O) groups excluding carboxylic acids is 1. The van der Waals surface area contributed by atoms with E-state index in [1.165, 1.54) is 7.11 Å². The lowest BCUT2D eigenvalue weighted by molar-refractivity contribution is -0.145. The summed E-state index contributed by atoms with van der Waals surface area (Å²) in [5.74, 6) is 0.0988. The van der Waals surface area contributed by atoms with Crippen LogP contribution >= 0.6 is 0 Å². The Balaban J connectivity index is 2.40. The highest BCUT2D eigenvalue weighted by atomic mass is 16.5. The number of carbonyl (C=O) groups is 1. The van der Waals surface area contributed by atoms with Gasteiger partial charge in [-0.15, -0.1) is 0 Å². The Morgan fingerprint density at radius 1 is 1.42 bits per heavy atom. The largest absolute Gasteiger partial charge is 0.469 e. The summed E-state index contributed by atoms with van der Waals surface area (Å²) in [6, 6.07) is 0.564. The molecule has 12 heavy (non-hydrogen) atoms. The molecule has 0 bridgehead atoms. The van der Waals surface area contributed by atoms with Gasteiger partial charge in [-0.05, 0) is 33.4 Å². The normalized spacial score (nSPS) is 29.3. The summed E-state index contributed by atoms with van der Waals surface area (Å²) in [6.07, 6.45) is 3.06. The molecule has 0 aromatic rings. The molecule has 0 unspecified atom stereocenters. The number of esters is 1. The fourth-order valence-corrected chi connectivity index (χ4v) is 1.81. The van der Waals surface area contributed by atoms with Gasteiger partial charge in [0.15, 0.2) is 0 Å². The highest BCUT2D eigenvalue weighted by Gasteiger charge is 2.31. The van der Waals surface area contributed by atoms with Crippen LogP contribution < -0.4 is 0 Å². The second-order valence-corrected chi connectivity index (χ2v) is 3.65. The fraction of sp³-hybridized carbons (Fsp3) is 0.889. The molecule has 0 spiro atoms. The third-order valence-electron chi connectivity index (χ3n) is 2.67. The molecular weight excluding hydrogens is 154 g/mol. The second kappa shape index (κ2) is 3.90. The van der Waals surface area contributed by atoms with Gasteiger partial charge in [-0.2, -0.15) is 0 Å². The van der Waals surface area contributed by atoms with E-state index in [0.29, 0.717) is 6.04 Å². The van der Waals surface area contributed by atoms with Gasteiger partial charge in [-0.1, -0.05) is 0 Å². The van der Waals surface area contributed by atoms with Crippen molar-refractivity contribution in [1.82, 2.24) is 4.90 Å². The van der Waals surface area contributed by atoms with E-state index in [0.717, 1.165) is 19.3 Å². The van der Waals surface area contributed by atoms with Crippen molar-refractivity contribution in [1.29, 1.82) is 0 Å². The van der Waals surface area contributed by atoms with Crippen molar-refractivity contribution in [3.63, 3.8) is 0 Å². The Morgan fingerprint density at radius 3 is 2.50 bits per heavy atom. The van der Waals surface area contributed by atoms with Crippen LogP contribution in [0.5, 0.6) is 0 Å². The zero-order valence-electron chi connectivity index (χ0n) is 8.04. The minimum absolute atomic E-state index is 0.0423. The zero-order valence-corrected chi connectivity index (χ0v) is 8.04. The first-order chi connectivity index (χ1) is 5.65. The number of ether oxygens (including phenoxy) is 1. The smallest absolute Gasteiger partial charge is 0.308 e. The Morgan fingerprint density at radius 2 is 2.08 bits per heavy atom. The van der Waals surface area contributed by atoms with E-state index >= 15 is 0 Å². The maximum absolute atomic E-state index is 11.1. The van der Waals surface area contributed by atoms with Gasteiger partial charge in [0, 0.05) is 6.04 Å². The molecule has 0 aromatic carbocycles. The first kappa shape index (κ1) is 9.52. The van der Waals surface area contributed by atoms with Crippen LogP contribution in [0.2, 0.25) is 0 Å². The summed E-state index contributed by atoms with van der Waals surface area (Å²) in [7, 11) is 5.58. The molecule has 0 aliphatic heterocycles. The number of methoxy groups -OCH3 is 1. The van der Waals surface area contributed by atoms with Crippen LogP contribution in [0.25, 0.3) is 0 Å². The summed E-state index contributed by atoms with van der Waals surface area (Å²) in [6.45, 7) is 0. The monoisotopic (exact) mass is 171 g/mol. The van der Waals surface area contributed by atoms with Crippen LogP contribution in [0.4, 0.5) is 0 Å². The zero-order chi connectivity index (χ0) is 9.14. The second-order valence-electron chi connectivity index (χ2n) is 3.65. The number of hydrogen-bond donors (Lipinski definition) is 0. The Bertz CT molecular complexity index is 168. The van der Waals surface area contributed by atoms with E-state index in [2.05, 4.69) is 19.0 Å². The SMILES string of the molecule is COC(=O)[C@H]1CC[C@@H](N(C)C)C1. The van der Waals surface area contributed by atoms with Crippen LogP contribution in [-0.2, 0) is 9.53 Å². The average molecular weight is 171 g/mol. The van der Waals surface area contributed by atoms with Gasteiger partial charge in [0.05, 0.1) is 13.0 Å². The first-order valence-electron chi connectivity index (χ1n) is 4.39. The fourth-order valence-electron chi connectivity index (χ4n) is 1.81. The molecule has 0 aromatic heterocycles. The van der Waals surface area contributed by atoms with Gasteiger partial charge in [-0.3, -0.25) is 4.79 Å². The lowest BCUT2D eigenvalue weighted by Gasteiger charge is -2.18. The van der Waals surface area contributed by atoms with Crippen LogP contribution in [0.1, 0.15) is 19.3 Å². The maximum Gasteiger partial charge on any atom is 0.308 e. The third kappa shape index (κ3) is 1.97. The van der Waals surface area contributed by atoms with Gasteiger partial charge in [0.1, 0.15) is 0 Å². The molecule has 2 atom stereocenters. The van der Waals surface area contributed by atoms with E-state index in [9.17, 15) is 4.79 Å². The van der Waals surface area contributed by atoms with Crippen LogP contribution in [-0.4, -0.2) is 38.1 Å². The van der Waals surface area contributed by atoms with E-state index in [4.69, 9.17) is 4.74 Å². The molecule has 1 aliphatic carbocycles. The summed E-state index contributed by atoms with van der Waals surface area (Å²) < 4.78 is 4.70. The van der Waals surface area contributed by atoms with E-state index in [1.54, 1.807) is 0 Å². The van der Waals surface area contributed by atoms with Gasteiger partial charge < -0.3 is 9.64 Å². The minimum Gasteiger partial charge on any atom is -0.469 e. The molecule has 3 heteroatoms. The third-order valence-corrected chi connectivity index (χ3v) is 2.67. The van der Waals surface area contributed by atoms with Crippen molar-refractivity contribution < 1.29 is 9.53 Å². The molecule has 0 saturated heterocycles. The molecule has 1 rings (SSSR count). The van der Waals surface area contributed by atoms with Crippen molar-refractivity contribution in [3.05, 3.63) is 0 Å². The van der Waals surface area contributed by atoms with Gasteiger partial charge in [0.25, 0.3) is 0 Å². The summed E-state index contributed by atoms with van der Waals surface area (Å²) in [4.78, 5) is 13.3. The Labute approximate surface area is 73.7 Å². The molecule has 70 valence electrons. The highest BCUT2D eigenvalue weighted by Crippen LogP contribution is 2.28. The standard InChI is InChI=1S/C9H17NO2/c1-10(2)8-5-4-7(6-8)9(11)12-3/h7-8H,4-6H2,1-3H3/t7-,8+/m0/s1. The minimum atomic E-state index is -0.0423. The molecule has 1 saturated carbocycles. The Kier molecular flexibility index (Phi) is 3.09. The number of hydrogen-bond acceptors (Lipinski definition) is 3. The van der Waals surface area contributed by atoms with Gasteiger partial charge >= 0.3 is 5.97 Å².